The van der Waals surface area contributed by atoms with Gasteiger partial charge in [0.05, 0.1) is 18.8 Å². The van der Waals surface area contributed by atoms with Crippen LogP contribution in [-0.4, -0.2) is 36.8 Å². The Morgan fingerprint density at radius 1 is 1.77 bits per heavy atom. The first-order chi connectivity index (χ1) is 6.27. The molecule has 0 saturated carbocycles. The predicted octanol–water partition coefficient (Wildman–Crippen LogP) is 0.809. The molecule has 1 aliphatic heterocycles. The summed E-state index contributed by atoms with van der Waals surface area (Å²) in [5, 5.41) is 12.2. The van der Waals surface area contributed by atoms with Gasteiger partial charge in [-0.15, -0.1) is 0 Å². The van der Waals surface area contributed by atoms with Crippen molar-refractivity contribution >= 4 is 0 Å². The van der Waals surface area contributed by atoms with Gasteiger partial charge in [0.25, 0.3) is 0 Å². The van der Waals surface area contributed by atoms with Crippen molar-refractivity contribution in [3.63, 3.8) is 0 Å². The van der Waals surface area contributed by atoms with E-state index in [2.05, 4.69) is 10.0 Å². The van der Waals surface area contributed by atoms with E-state index in [1.807, 2.05) is 6.92 Å². The van der Waals surface area contributed by atoms with Crippen LogP contribution >= 0.6 is 0 Å². The zero-order chi connectivity index (χ0) is 9.68. The molecule has 1 fully saturated rings. The predicted molar refractivity (Wildman–Crippen MR) is 44.9 cm³/mol. The van der Waals surface area contributed by atoms with Crippen LogP contribution in [-0.2, 0) is 9.47 Å². The lowest BCUT2D eigenvalue weighted by atomic mass is 10.1. The highest BCUT2D eigenvalue weighted by Gasteiger charge is 2.32. The molecule has 0 aromatic rings. The van der Waals surface area contributed by atoms with Crippen molar-refractivity contribution in [2.24, 2.45) is 5.11 Å². The molecule has 1 heterocycles. The summed E-state index contributed by atoms with van der Waals surface area (Å²) in [4.78, 5) is 2.56. The molecule has 0 amide bonds. The van der Waals surface area contributed by atoms with E-state index >= 15 is 0 Å². The second-order valence-corrected chi connectivity index (χ2v) is 2.97. The summed E-state index contributed by atoms with van der Waals surface area (Å²) in [5.41, 5.74) is 8.01. The largest absolute Gasteiger partial charge is 0.394 e. The van der Waals surface area contributed by atoms with E-state index in [1.54, 1.807) is 0 Å². The van der Waals surface area contributed by atoms with Crippen LogP contribution < -0.4 is 0 Å². The van der Waals surface area contributed by atoms with Gasteiger partial charge in [0, 0.05) is 11.3 Å². The van der Waals surface area contributed by atoms with E-state index in [1.165, 1.54) is 0 Å². The van der Waals surface area contributed by atoms with Gasteiger partial charge in [-0.05, 0) is 12.5 Å². The van der Waals surface area contributed by atoms with E-state index in [-0.39, 0.29) is 31.6 Å². The Bertz CT molecular complexity index is 205. The Labute approximate surface area is 76.1 Å². The van der Waals surface area contributed by atoms with Crippen LogP contribution in [0.2, 0.25) is 0 Å². The highest BCUT2D eigenvalue weighted by atomic mass is 16.6. The fraction of sp³-hybridized carbons (Fsp3) is 1.00. The second-order valence-electron chi connectivity index (χ2n) is 2.97. The normalized spacial score (nSPS) is 32.9. The van der Waals surface area contributed by atoms with Crippen molar-refractivity contribution < 1.29 is 14.6 Å². The van der Waals surface area contributed by atoms with Gasteiger partial charge < -0.3 is 14.6 Å². The molecule has 1 unspecified atom stereocenters. The third-order valence-corrected chi connectivity index (χ3v) is 1.98. The number of azide groups is 1. The molecule has 6 heteroatoms. The Morgan fingerprint density at radius 3 is 3.15 bits per heavy atom. The first-order valence-electron chi connectivity index (χ1n) is 4.16. The van der Waals surface area contributed by atoms with Gasteiger partial charge in [0.2, 0.25) is 0 Å². The van der Waals surface area contributed by atoms with Crippen molar-refractivity contribution in [1.29, 1.82) is 0 Å². The molecular formula is C7H13N3O3. The molecule has 0 radical (unpaired) electrons. The quantitative estimate of drug-likeness (QED) is 0.401. The fourth-order valence-corrected chi connectivity index (χ4v) is 1.41. The monoisotopic (exact) mass is 187 g/mol. The number of hydrogen-bond donors (Lipinski definition) is 1. The zero-order valence-electron chi connectivity index (χ0n) is 7.46. The minimum atomic E-state index is -0.288. The standard InChI is InChI=1S/C7H13N3O3/c1-5-2-6(7(3-11)13-5)12-4-9-10-8/h5-7,11H,2-4H2,1H3/t5-,6?,7+/m0/s1. The topological polar surface area (TPSA) is 87.5 Å². The maximum atomic E-state index is 8.90. The number of aliphatic hydroxyl groups excluding tert-OH is 1. The third kappa shape index (κ3) is 2.86. The maximum Gasteiger partial charge on any atom is 0.126 e. The third-order valence-electron chi connectivity index (χ3n) is 1.98. The number of aliphatic hydroxyl groups is 1. The maximum absolute atomic E-state index is 8.90. The lowest BCUT2D eigenvalue weighted by Crippen LogP contribution is -2.27. The molecular weight excluding hydrogens is 174 g/mol. The Balaban J connectivity index is 2.34. The van der Waals surface area contributed by atoms with Crippen LogP contribution in [0.3, 0.4) is 0 Å². The van der Waals surface area contributed by atoms with Crippen LogP contribution in [0.15, 0.2) is 5.11 Å². The van der Waals surface area contributed by atoms with Crippen LogP contribution in [0, 0.1) is 0 Å². The summed E-state index contributed by atoms with van der Waals surface area (Å²) in [6.45, 7) is 1.85. The fourth-order valence-electron chi connectivity index (χ4n) is 1.41. The second kappa shape index (κ2) is 5.04. The minimum Gasteiger partial charge on any atom is -0.394 e. The number of nitrogens with zero attached hydrogens (tertiary/aromatic N) is 3. The van der Waals surface area contributed by atoms with Gasteiger partial charge in [-0.1, -0.05) is 5.11 Å². The minimum absolute atomic E-state index is 0.00620. The molecule has 3 atom stereocenters. The summed E-state index contributed by atoms with van der Waals surface area (Å²) in [6.07, 6.45) is 0.370. The molecule has 1 N–H and O–H groups in total. The Kier molecular flexibility index (Phi) is 3.98. The molecule has 0 aliphatic carbocycles. The van der Waals surface area contributed by atoms with Crippen LogP contribution in [0.1, 0.15) is 13.3 Å². The van der Waals surface area contributed by atoms with Gasteiger partial charge in [-0.3, -0.25) is 0 Å². The van der Waals surface area contributed by atoms with Gasteiger partial charge in [0.15, 0.2) is 0 Å². The summed E-state index contributed by atoms with van der Waals surface area (Å²) >= 11 is 0. The smallest absolute Gasteiger partial charge is 0.126 e. The molecule has 74 valence electrons. The number of hydrogen-bond acceptors (Lipinski definition) is 4. The van der Waals surface area contributed by atoms with Crippen molar-refractivity contribution in [2.45, 2.75) is 31.7 Å². The molecule has 13 heavy (non-hydrogen) atoms. The Hall–Kier alpha value is -0.810. The first kappa shape index (κ1) is 10.3. The molecule has 1 rings (SSSR count). The van der Waals surface area contributed by atoms with E-state index in [0.717, 1.165) is 6.42 Å². The SMILES string of the molecule is C[C@H]1CC(OCN=[N+]=[N-])[C@@H](CO)O1. The van der Waals surface area contributed by atoms with E-state index in [9.17, 15) is 0 Å². The van der Waals surface area contributed by atoms with Crippen molar-refractivity contribution in [1.82, 2.24) is 0 Å². The molecule has 0 aromatic carbocycles. The van der Waals surface area contributed by atoms with Crippen LogP contribution in [0.4, 0.5) is 0 Å². The average Bonchev–Trinajstić information content (AvgIpc) is 2.47. The summed E-state index contributed by atoms with van der Waals surface area (Å²) in [7, 11) is 0. The summed E-state index contributed by atoms with van der Waals surface area (Å²) in [5.74, 6) is 0. The molecule has 0 spiro atoms. The highest BCUT2D eigenvalue weighted by Crippen LogP contribution is 2.22. The molecule has 0 aromatic heterocycles. The summed E-state index contributed by atoms with van der Waals surface area (Å²) in [6, 6.07) is 0. The first-order valence-corrected chi connectivity index (χ1v) is 4.16. The molecule has 6 nitrogen and oxygen atoms in total. The number of rotatable bonds is 4. The molecule has 1 saturated heterocycles. The lowest BCUT2D eigenvalue weighted by Gasteiger charge is -2.14. The number of ether oxygens (including phenoxy) is 2. The van der Waals surface area contributed by atoms with Crippen LogP contribution in [0.5, 0.6) is 0 Å². The van der Waals surface area contributed by atoms with Gasteiger partial charge in [-0.25, -0.2) is 0 Å². The molecule has 0 bridgehead atoms. The van der Waals surface area contributed by atoms with E-state index in [0.29, 0.717) is 0 Å². The van der Waals surface area contributed by atoms with E-state index < -0.39 is 0 Å². The summed E-state index contributed by atoms with van der Waals surface area (Å²) < 4.78 is 10.6. The van der Waals surface area contributed by atoms with Crippen molar-refractivity contribution in [3.8, 4) is 0 Å². The van der Waals surface area contributed by atoms with Crippen molar-refractivity contribution in [3.05, 3.63) is 10.4 Å². The van der Waals surface area contributed by atoms with Gasteiger partial charge in [0.1, 0.15) is 12.8 Å². The molecule has 1 aliphatic rings. The zero-order valence-corrected chi connectivity index (χ0v) is 7.46. The van der Waals surface area contributed by atoms with Gasteiger partial charge in [-0.2, -0.15) is 0 Å². The van der Waals surface area contributed by atoms with Crippen LogP contribution in [0.25, 0.3) is 10.4 Å². The lowest BCUT2D eigenvalue weighted by molar-refractivity contribution is -0.0427. The average molecular weight is 187 g/mol. The Morgan fingerprint density at radius 2 is 2.54 bits per heavy atom. The highest BCUT2D eigenvalue weighted by molar-refractivity contribution is 4.80. The van der Waals surface area contributed by atoms with E-state index in [4.69, 9.17) is 20.1 Å². The van der Waals surface area contributed by atoms with Crippen molar-refractivity contribution in [2.75, 3.05) is 13.3 Å². The van der Waals surface area contributed by atoms with Gasteiger partial charge >= 0.3 is 0 Å².